The van der Waals surface area contributed by atoms with Crippen molar-refractivity contribution in [2.75, 3.05) is 20.1 Å². The Morgan fingerprint density at radius 1 is 1.34 bits per heavy atom. The van der Waals surface area contributed by atoms with E-state index in [9.17, 15) is 4.79 Å². The third-order valence-corrected chi connectivity index (χ3v) is 4.63. The Hall–Kier alpha value is -3.03. The number of rotatable bonds is 4. The van der Waals surface area contributed by atoms with Gasteiger partial charge in [-0.05, 0) is 38.8 Å². The van der Waals surface area contributed by atoms with Gasteiger partial charge in [0, 0.05) is 39.1 Å². The number of amides is 1. The third-order valence-electron chi connectivity index (χ3n) is 4.63. The molecule has 0 aliphatic carbocycles. The summed E-state index contributed by atoms with van der Waals surface area (Å²) in [6.07, 6.45) is 5.97. The maximum absolute atomic E-state index is 12.0. The number of aromatic nitrogens is 2. The number of carbonyl (C=O) groups excluding carboxylic acids is 1. The van der Waals surface area contributed by atoms with E-state index in [1.54, 1.807) is 19.6 Å². The molecule has 29 heavy (non-hydrogen) atoms. The van der Waals surface area contributed by atoms with Gasteiger partial charge in [0.25, 0.3) is 0 Å². The summed E-state index contributed by atoms with van der Waals surface area (Å²) in [7, 11) is 1.78. The normalized spacial score (nSPS) is 17.3. The molecule has 1 saturated heterocycles. The molecule has 1 aliphatic rings. The number of aliphatic imine (C=N–C) groups is 1. The lowest BCUT2D eigenvalue weighted by Gasteiger charge is -2.23. The molecular formula is C21H30N6O2. The molecule has 1 aromatic heterocycles. The average Bonchev–Trinajstić information content (AvgIpc) is 3.33. The first kappa shape index (κ1) is 20.7. The van der Waals surface area contributed by atoms with Gasteiger partial charge in [0.1, 0.15) is 5.60 Å². The highest BCUT2D eigenvalue weighted by atomic mass is 16.6. The third kappa shape index (κ3) is 5.73. The minimum atomic E-state index is -0.497. The molecule has 0 saturated carbocycles. The van der Waals surface area contributed by atoms with Crippen molar-refractivity contribution in [2.24, 2.45) is 4.99 Å². The fourth-order valence-corrected chi connectivity index (χ4v) is 3.37. The smallest absolute Gasteiger partial charge is 0.407 e. The lowest BCUT2D eigenvalue weighted by molar-refractivity contribution is 0.0507. The lowest BCUT2D eigenvalue weighted by atomic mass is 10.1. The Balaban J connectivity index is 1.56. The molecule has 8 nitrogen and oxygen atoms in total. The number of hydrogen-bond donors (Lipinski definition) is 2. The minimum absolute atomic E-state index is 0.0432. The highest BCUT2D eigenvalue weighted by Gasteiger charge is 2.27. The zero-order chi connectivity index (χ0) is 20.9. The standard InChI is InChI=1S/C21H30N6O2/c1-21(2,3)29-20(28)25-17-9-11-26(14-17)19(22-4)24-13-16-7-5-6-8-18(16)27-12-10-23-15-27/h5-8,10,12,15,17H,9,11,13-14H2,1-4H3,(H,22,24)(H,25,28). The molecule has 1 amide bonds. The van der Waals surface area contributed by atoms with Gasteiger partial charge in [-0.15, -0.1) is 0 Å². The van der Waals surface area contributed by atoms with Gasteiger partial charge >= 0.3 is 6.09 Å². The van der Waals surface area contributed by atoms with Gasteiger partial charge in [0.2, 0.25) is 0 Å². The van der Waals surface area contributed by atoms with E-state index in [0.717, 1.165) is 30.2 Å². The molecule has 2 N–H and O–H groups in total. The molecular weight excluding hydrogens is 368 g/mol. The van der Waals surface area contributed by atoms with E-state index in [1.165, 1.54) is 0 Å². The van der Waals surface area contributed by atoms with Crippen LogP contribution in [0.25, 0.3) is 5.69 Å². The summed E-state index contributed by atoms with van der Waals surface area (Å²) < 4.78 is 7.35. The van der Waals surface area contributed by atoms with Crippen LogP contribution in [0.1, 0.15) is 32.8 Å². The summed E-state index contributed by atoms with van der Waals surface area (Å²) in [5.74, 6) is 0.818. The van der Waals surface area contributed by atoms with E-state index in [0.29, 0.717) is 13.1 Å². The van der Waals surface area contributed by atoms with Crippen LogP contribution < -0.4 is 10.6 Å². The maximum atomic E-state index is 12.0. The van der Waals surface area contributed by atoms with E-state index in [-0.39, 0.29) is 12.1 Å². The van der Waals surface area contributed by atoms with E-state index >= 15 is 0 Å². The van der Waals surface area contributed by atoms with Crippen molar-refractivity contribution in [1.29, 1.82) is 0 Å². The minimum Gasteiger partial charge on any atom is -0.444 e. The summed E-state index contributed by atoms with van der Waals surface area (Å²) >= 11 is 0. The lowest BCUT2D eigenvalue weighted by Crippen LogP contribution is -2.44. The first-order chi connectivity index (χ1) is 13.9. The molecule has 0 radical (unpaired) electrons. The molecule has 8 heteroatoms. The Kier molecular flexibility index (Phi) is 6.41. The fourth-order valence-electron chi connectivity index (χ4n) is 3.37. The Labute approximate surface area is 172 Å². The number of carbonyl (C=O) groups is 1. The van der Waals surface area contributed by atoms with Crippen LogP contribution in [0.15, 0.2) is 48.0 Å². The van der Waals surface area contributed by atoms with E-state index < -0.39 is 5.60 Å². The molecule has 1 atom stereocenters. The summed E-state index contributed by atoms with van der Waals surface area (Å²) in [4.78, 5) is 22.7. The summed E-state index contributed by atoms with van der Waals surface area (Å²) in [5, 5.41) is 6.39. The molecule has 0 spiro atoms. The first-order valence-electron chi connectivity index (χ1n) is 9.87. The van der Waals surface area contributed by atoms with Gasteiger partial charge < -0.3 is 24.8 Å². The highest BCUT2D eigenvalue weighted by molar-refractivity contribution is 5.80. The zero-order valence-electron chi connectivity index (χ0n) is 17.6. The number of guanidine groups is 1. The number of benzene rings is 1. The summed E-state index contributed by atoms with van der Waals surface area (Å²) in [6.45, 7) is 7.75. The van der Waals surface area contributed by atoms with Crippen molar-refractivity contribution >= 4 is 12.1 Å². The number of nitrogens with one attached hydrogen (secondary N) is 2. The van der Waals surface area contributed by atoms with Crippen molar-refractivity contribution in [2.45, 2.75) is 45.4 Å². The number of likely N-dealkylation sites (tertiary alicyclic amines) is 1. The van der Waals surface area contributed by atoms with Crippen LogP contribution in [0.3, 0.4) is 0 Å². The monoisotopic (exact) mass is 398 g/mol. The second-order valence-electron chi connectivity index (χ2n) is 8.08. The largest absolute Gasteiger partial charge is 0.444 e. The fraction of sp³-hybridized carbons (Fsp3) is 0.476. The van der Waals surface area contributed by atoms with Crippen molar-refractivity contribution in [3.63, 3.8) is 0 Å². The van der Waals surface area contributed by atoms with Crippen LogP contribution in [-0.4, -0.2) is 58.3 Å². The molecule has 3 rings (SSSR count). The van der Waals surface area contributed by atoms with E-state index in [2.05, 4.69) is 37.6 Å². The molecule has 0 bridgehead atoms. The molecule has 2 heterocycles. The van der Waals surface area contributed by atoms with Crippen LogP contribution in [0, 0.1) is 0 Å². The van der Waals surface area contributed by atoms with Crippen LogP contribution >= 0.6 is 0 Å². The molecule has 1 unspecified atom stereocenters. The number of nitrogens with zero attached hydrogens (tertiary/aromatic N) is 4. The van der Waals surface area contributed by atoms with Crippen LogP contribution in [0.4, 0.5) is 4.79 Å². The Bertz CT molecular complexity index is 841. The molecule has 156 valence electrons. The molecule has 1 aliphatic heterocycles. The topological polar surface area (TPSA) is 83.8 Å². The van der Waals surface area contributed by atoms with Crippen molar-refractivity contribution in [1.82, 2.24) is 25.1 Å². The second-order valence-corrected chi connectivity index (χ2v) is 8.08. The maximum Gasteiger partial charge on any atom is 0.407 e. The predicted molar refractivity (Wildman–Crippen MR) is 113 cm³/mol. The van der Waals surface area contributed by atoms with Gasteiger partial charge in [-0.3, -0.25) is 4.99 Å². The average molecular weight is 399 g/mol. The Morgan fingerprint density at radius 3 is 2.83 bits per heavy atom. The van der Waals surface area contributed by atoms with Crippen LogP contribution in [-0.2, 0) is 11.3 Å². The number of alkyl carbamates (subject to hydrolysis) is 1. The van der Waals surface area contributed by atoms with Gasteiger partial charge in [-0.25, -0.2) is 9.78 Å². The van der Waals surface area contributed by atoms with Crippen molar-refractivity contribution in [3.05, 3.63) is 48.5 Å². The number of hydrogen-bond acceptors (Lipinski definition) is 4. The van der Waals surface area contributed by atoms with Gasteiger partial charge in [0.05, 0.1) is 18.1 Å². The van der Waals surface area contributed by atoms with Crippen LogP contribution in [0.2, 0.25) is 0 Å². The van der Waals surface area contributed by atoms with Gasteiger partial charge in [-0.2, -0.15) is 0 Å². The SMILES string of the molecule is CN=C(NCc1ccccc1-n1ccnc1)N1CCC(NC(=O)OC(C)(C)C)C1. The quantitative estimate of drug-likeness (QED) is 0.611. The molecule has 2 aromatic rings. The van der Waals surface area contributed by atoms with Crippen molar-refractivity contribution < 1.29 is 9.53 Å². The summed E-state index contributed by atoms with van der Waals surface area (Å²) in [5.41, 5.74) is 1.73. The number of ether oxygens (including phenoxy) is 1. The molecule has 1 aromatic carbocycles. The van der Waals surface area contributed by atoms with Crippen molar-refractivity contribution in [3.8, 4) is 5.69 Å². The second kappa shape index (κ2) is 8.98. The predicted octanol–water partition coefficient (Wildman–Crippen LogP) is 2.55. The number of imidazole rings is 1. The van der Waals surface area contributed by atoms with Gasteiger partial charge in [0.15, 0.2) is 5.96 Å². The Morgan fingerprint density at radius 2 is 2.14 bits per heavy atom. The number of para-hydroxylation sites is 1. The van der Waals surface area contributed by atoms with Crippen LogP contribution in [0.5, 0.6) is 0 Å². The molecule has 1 fully saturated rings. The zero-order valence-corrected chi connectivity index (χ0v) is 17.6. The van der Waals surface area contributed by atoms with E-state index in [1.807, 2.05) is 43.7 Å². The summed E-state index contributed by atoms with van der Waals surface area (Å²) in [6, 6.07) is 8.24. The highest BCUT2D eigenvalue weighted by Crippen LogP contribution is 2.15. The van der Waals surface area contributed by atoms with Gasteiger partial charge in [-0.1, -0.05) is 18.2 Å². The van der Waals surface area contributed by atoms with E-state index in [4.69, 9.17) is 4.74 Å². The first-order valence-corrected chi connectivity index (χ1v) is 9.87.